The minimum atomic E-state index is -0.489. The van der Waals surface area contributed by atoms with E-state index in [0.717, 1.165) is 25.7 Å². The molecule has 6 nitrogen and oxygen atoms in total. The van der Waals surface area contributed by atoms with Crippen LogP contribution >= 0.6 is 0 Å². The van der Waals surface area contributed by atoms with Crippen molar-refractivity contribution in [3.05, 3.63) is 17.5 Å². The summed E-state index contributed by atoms with van der Waals surface area (Å²) in [6, 6.07) is 0.263. The minimum Gasteiger partial charge on any atom is -0.393 e. The van der Waals surface area contributed by atoms with Crippen LogP contribution in [0.15, 0.2) is 6.20 Å². The molecule has 6 heteroatoms. The lowest BCUT2D eigenvalue weighted by molar-refractivity contribution is 0.0997. The summed E-state index contributed by atoms with van der Waals surface area (Å²) in [7, 11) is 0. The van der Waals surface area contributed by atoms with Gasteiger partial charge in [0, 0.05) is 12.2 Å². The number of nitrogens with one attached hydrogen (secondary N) is 1. The van der Waals surface area contributed by atoms with E-state index in [-0.39, 0.29) is 17.6 Å². The Labute approximate surface area is 144 Å². The zero-order chi connectivity index (χ0) is 17.9. The van der Waals surface area contributed by atoms with Gasteiger partial charge in [-0.1, -0.05) is 27.7 Å². The highest BCUT2D eigenvalue weighted by Crippen LogP contribution is 2.31. The molecule has 1 fully saturated rings. The third-order valence-corrected chi connectivity index (χ3v) is 5.35. The summed E-state index contributed by atoms with van der Waals surface area (Å²) in [5.41, 5.74) is 6.60. The Morgan fingerprint density at radius 3 is 2.54 bits per heavy atom. The Balaban J connectivity index is 2.19. The molecule has 1 aliphatic carbocycles. The summed E-state index contributed by atoms with van der Waals surface area (Å²) in [6.07, 6.45) is 5.40. The standard InChI is InChI=1S/C18H30N4O2/c1-11(2)18(3,4)9-15-14(16(19)24)10-20-17(22-15)21-12-5-7-13(23)8-6-12/h10-13,23H,5-9H2,1-4H3,(H2,19,24)(H,20,21,22). The third-order valence-electron chi connectivity index (χ3n) is 5.35. The number of aromatic nitrogens is 2. The van der Waals surface area contributed by atoms with Gasteiger partial charge in [-0.2, -0.15) is 0 Å². The summed E-state index contributed by atoms with van der Waals surface area (Å²) in [6.45, 7) is 8.66. The summed E-state index contributed by atoms with van der Waals surface area (Å²) < 4.78 is 0. The van der Waals surface area contributed by atoms with Crippen LogP contribution in [0.25, 0.3) is 0 Å². The Kier molecular flexibility index (Phi) is 5.80. The van der Waals surface area contributed by atoms with Crippen molar-refractivity contribution in [2.75, 3.05) is 5.32 Å². The van der Waals surface area contributed by atoms with Crippen molar-refractivity contribution in [1.82, 2.24) is 9.97 Å². The topological polar surface area (TPSA) is 101 Å². The highest BCUT2D eigenvalue weighted by atomic mass is 16.3. The molecule has 0 bridgehead atoms. The quantitative estimate of drug-likeness (QED) is 0.742. The average Bonchev–Trinajstić information content (AvgIpc) is 2.49. The maximum absolute atomic E-state index is 11.7. The normalized spacial score (nSPS) is 21.8. The molecule has 0 aliphatic heterocycles. The highest BCUT2D eigenvalue weighted by molar-refractivity contribution is 5.93. The van der Waals surface area contributed by atoms with Crippen molar-refractivity contribution in [1.29, 1.82) is 0 Å². The van der Waals surface area contributed by atoms with E-state index < -0.39 is 5.91 Å². The second kappa shape index (κ2) is 7.47. The molecule has 1 saturated carbocycles. The number of carbonyl (C=O) groups is 1. The van der Waals surface area contributed by atoms with Crippen molar-refractivity contribution in [3.63, 3.8) is 0 Å². The summed E-state index contributed by atoms with van der Waals surface area (Å²) >= 11 is 0. The number of primary amides is 1. The van der Waals surface area contributed by atoms with Crippen LogP contribution in [0.4, 0.5) is 5.95 Å². The van der Waals surface area contributed by atoms with E-state index in [2.05, 4.69) is 43.0 Å². The van der Waals surface area contributed by atoms with Crippen LogP contribution < -0.4 is 11.1 Å². The zero-order valence-electron chi connectivity index (χ0n) is 15.2. The number of rotatable bonds is 6. The Hall–Kier alpha value is -1.69. The van der Waals surface area contributed by atoms with E-state index >= 15 is 0 Å². The van der Waals surface area contributed by atoms with Gasteiger partial charge in [-0.25, -0.2) is 9.97 Å². The van der Waals surface area contributed by atoms with Gasteiger partial charge in [-0.15, -0.1) is 0 Å². The third kappa shape index (κ3) is 4.66. The van der Waals surface area contributed by atoms with Crippen LogP contribution in [0.3, 0.4) is 0 Å². The fraction of sp³-hybridized carbons (Fsp3) is 0.722. The van der Waals surface area contributed by atoms with E-state index in [1.165, 1.54) is 6.20 Å². The van der Waals surface area contributed by atoms with Crippen molar-refractivity contribution < 1.29 is 9.90 Å². The number of amides is 1. The van der Waals surface area contributed by atoms with Gasteiger partial charge < -0.3 is 16.2 Å². The van der Waals surface area contributed by atoms with Crippen LogP contribution in [0.2, 0.25) is 0 Å². The second-order valence-electron chi connectivity index (χ2n) is 7.89. The molecule has 1 aromatic heterocycles. The van der Waals surface area contributed by atoms with Crippen molar-refractivity contribution >= 4 is 11.9 Å². The SMILES string of the molecule is CC(C)C(C)(C)Cc1nc(NC2CCC(O)CC2)ncc1C(N)=O. The number of carbonyl (C=O) groups excluding carboxylic acids is 1. The Morgan fingerprint density at radius 2 is 2.00 bits per heavy atom. The van der Waals surface area contributed by atoms with Crippen LogP contribution in [-0.4, -0.2) is 33.1 Å². The number of nitrogens with two attached hydrogens (primary N) is 1. The Morgan fingerprint density at radius 1 is 1.38 bits per heavy atom. The van der Waals surface area contributed by atoms with Gasteiger partial charge >= 0.3 is 0 Å². The van der Waals surface area contributed by atoms with Crippen LogP contribution in [0, 0.1) is 11.3 Å². The molecule has 0 saturated heterocycles. The van der Waals surface area contributed by atoms with Gasteiger partial charge in [0.2, 0.25) is 5.95 Å². The van der Waals surface area contributed by atoms with E-state index in [0.29, 0.717) is 29.5 Å². The Bertz CT molecular complexity index is 578. The molecule has 1 amide bonds. The molecule has 0 spiro atoms. The summed E-state index contributed by atoms with van der Waals surface area (Å²) in [4.78, 5) is 20.6. The van der Waals surface area contributed by atoms with Crippen LogP contribution in [0.5, 0.6) is 0 Å². The summed E-state index contributed by atoms with van der Waals surface area (Å²) in [5, 5.41) is 12.9. The molecule has 1 aromatic rings. The molecule has 0 unspecified atom stereocenters. The first-order valence-electron chi connectivity index (χ1n) is 8.79. The summed E-state index contributed by atoms with van der Waals surface area (Å²) in [5.74, 6) is 0.497. The predicted molar refractivity (Wildman–Crippen MR) is 94.8 cm³/mol. The zero-order valence-corrected chi connectivity index (χ0v) is 15.2. The number of hydrogen-bond acceptors (Lipinski definition) is 5. The molecule has 134 valence electrons. The number of aliphatic hydroxyl groups is 1. The van der Waals surface area contributed by atoms with Gasteiger partial charge in [0.05, 0.1) is 17.4 Å². The average molecular weight is 334 g/mol. The fourth-order valence-corrected chi connectivity index (χ4v) is 2.87. The molecule has 4 N–H and O–H groups in total. The van der Waals surface area contributed by atoms with Crippen molar-refractivity contribution in [3.8, 4) is 0 Å². The highest BCUT2D eigenvalue weighted by Gasteiger charge is 2.27. The van der Waals surface area contributed by atoms with E-state index in [1.807, 2.05) is 0 Å². The molecule has 2 rings (SSSR count). The molecular weight excluding hydrogens is 304 g/mol. The maximum atomic E-state index is 11.7. The molecule has 0 aromatic carbocycles. The number of hydrogen-bond donors (Lipinski definition) is 3. The number of anilines is 1. The van der Waals surface area contributed by atoms with Gasteiger partial charge in [0.15, 0.2) is 0 Å². The molecule has 0 radical (unpaired) electrons. The van der Waals surface area contributed by atoms with E-state index in [4.69, 9.17) is 5.73 Å². The largest absolute Gasteiger partial charge is 0.393 e. The first kappa shape index (κ1) is 18.6. The molecule has 1 heterocycles. The lowest BCUT2D eigenvalue weighted by Crippen LogP contribution is -2.30. The second-order valence-corrected chi connectivity index (χ2v) is 7.89. The van der Waals surface area contributed by atoms with E-state index in [1.54, 1.807) is 0 Å². The lowest BCUT2D eigenvalue weighted by atomic mass is 9.77. The predicted octanol–water partition coefficient (Wildman–Crippen LogP) is 2.52. The van der Waals surface area contributed by atoms with Crippen molar-refractivity contribution in [2.45, 2.75) is 71.9 Å². The van der Waals surface area contributed by atoms with Gasteiger partial charge in [-0.3, -0.25) is 4.79 Å². The van der Waals surface area contributed by atoms with Crippen molar-refractivity contribution in [2.24, 2.45) is 17.1 Å². The monoisotopic (exact) mass is 334 g/mol. The van der Waals surface area contributed by atoms with Gasteiger partial charge in [-0.05, 0) is 43.4 Å². The minimum absolute atomic E-state index is 0.00473. The van der Waals surface area contributed by atoms with Gasteiger partial charge in [0.25, 0.3) is 5.91 Å². The maximum Gasteiger partial charge on any atom is 0.252 e. The smallest absolute Gasteiger partial charge is 0.252 e. The molecule has 0 atom stereocenters. The number of aliphatic hydroxyl groups excluding tert-OH is 1. The van der Waals surface area contributed by atoms with Crippen LogP contribution in [-0.2, 0) is 6.42 Å². The first-order chi connectivity index (χ1) is 11.2. The fourth-order valence-electron chi connectivity index (χ4n) is 2.87. The van der Waals surface area contributed by atoms with Crippen LogP contribution in [0.1, 0.15) is 69.4 Å². The number of nitrogens with zero attached hydrogens (tertiary/aromatic N) is 2. The van der Waals surface area contributed by atoms with Gasteiger partial charge in [0.1, 0.15) is 0 Å². The van der Waals surface area contributed by atoms with E-state index in [9.17, 15) is 9.90 Å². The lowest BCUT2D eigenvalue weighted by Gasteiger charge is -2.30. The molecule has 1 aliphatic rings. The first-order valence-corrected chi connectivity index (χ1v) is 8.79. The molecule has 24 heavy (non-hydrogen) atoms. The molecular formula is C18H30N4O2.